The third-order valence-electron chi connectivity index (χ3n) is 10.5. The van der Waals surface area contributed by atoms with Crippen molar-refractivity contribution in [3.63, 3.8) is 0 Å². The van der Waals surface area contributed by atoms with E-state index in [1.54, 1.807) is 28.4 Å². The van der Waals surface area contributed by atoms with E-state index in [9.17, 15) is 24.3 Å². The first-order valence-corrected chi connectivity index (χ1v) is 20.2. The zero-order valence-electron chi connectivity index (χ0n) is 35.1. The first-order valence-electron chi connectivity index (χ1n) is 20.2. The van der Waals surface area contributed by atoms with E-state index in [0.29, 0.717) is 32.5 Å². The molecule has 1 fully saturated rings. The van der Waals surface area contributed by atoms with Crippen LogP contribution in [0.5, 0.6) is 0 Å². The summed E-state index contributed by atoms with van der Waals surface area (Å²) in [5.74, 6) is -0.605. The molecule has 0 spiro atoms. The summed E-state index contributed by atoms with van der Waals surface area (Å²) >= 11 is 0. The zero-order chi connectivity index (χ0) is 42.6. The van der Waals surface area contributed by atoms with Gasteiger partial charge in [0.25, 0.3) is 0 Å². The van der Waals surface area contributed by atoms with Gasteiger partial charge in [0.1, 0.15) is 6.04 Å². The largest absolute Gasteiger partial charge is 0.453 e. The van der Waals surface area contributed by atoms with E-state index < -0.39 is 41.2 Å². The van der Waals surface area contributed by atoms with Crippen LogP contribution in [-0.4, -0.2) is 99.8 Å². The van der Waals surface area contributed by atoms with Gasteiger partial charge in [-0.05, 0) is 71.0 Å². The van der Waals surface area contributed by atoms with Gasteiger partial charge in [-0.2, -0.15) is 0 Å². The Morgan fingerprint density at radius 2 is 1.49 bits per heavy atom. The number of ether oxygens (including phenoxy) is 1. The molecule has 314 valence electrons. The molecule has 0 aliphatic carbocycles. The number of nitrogens with zero attached hydrogens (tertiary/aromatic N) is 4. The molecule has 4 aromatic rings. The molecule has 4 N–H and O–H groups in total. The lowest BCUT2D eigenvalue weighted by Gasteiger charge is -2.38. The second-order valence-electron chi connectivity index (χ2n) is 17.2. The molecule has 3 heterocycles. The van der Waals surface area contributed by atoms with E-state index in [1.807, 2.05) is 120 Å². The third kappa shape index (κ3) is 13.1. The van der Waals surface area contributed by atoms with Crippen molar-refractivity contribution >= 4 is 23.9 Å². The summed E-state index contributed by atoms with van der Waals surface area (Å²) in [6.45, 7) is 11.0. The molecule has 4 atom stereocenters. The van der Waals surface area contributed by atoms with Crippen LogP contribution in [0.1, 0.15) is 64.2 Å². The second kappa shape index (κ2) is 20.2. The fraction of sp³-hybridized carbons (Fsp3) is 0.435. The summed E-state index contributed by atoms with van der Waals surface area (Å²) in [6.07, 6.45) is 4.40. The average Bonchev–Trinajstić information content (AvgIpc) is 3.55. The molecule has 4 unspecified atom stereocenters. The Labute approximate surface area is 348 Å². The fourth-order valence-corrected chi connectivity index (χ4v) is 7.55. The number of hydrogen-bond donors (Lipinski definition) is 4. The minimum Gasteiger partial charge on any atom is -0.453 e. The maximum Gasteiger partial charge on any atom is 0.406 e. The molecule has 59 heavy (non-hydrogen) atoms. The molecule has 13 heteroatoms. The summed E-state index contributed by atoms with van der Waals surface area (Å²) < 4.78 is 4.71. The summed E-state index contributed by atoms with van der Waals surface area (Å²) in [7, 11) is 1.29. The first kappa shape index (κ1) is 44.3. The zero-order valence-corrected chi connectivity index (χ0v) is 35.1. The van der Waals surface area contributed by atoms with Gasteiger partial charge in [-0.3, -0.25) is 19.6 Å². The van der Waals surface area contributed by atoms with Gasteiger partial charge in [-0.15, -0.1) is 0 Å². The number of pyridine rings is 2. The minimum atomic E-state index is -1.09. The predicted molar refractivity (Wildman–Crippen MR) is 227 cm³/mol. The number of carbonyl (C=O) groups excluding carboxylic acids is 4. The van der Waals surface area contributed by atoms with Crippen LogP contribution in [0.2, 0.25) is 0 Å². The lowest BCUT2D eigenvalue weighted by molar-refractivity contribution is -0.130. The van der Waals surface area contributed by atoms with Crippen LogP contribution in [0, 0.1) is 10.8 Å². The highest BCUT2D eigenvalue weighted by atomic mass is 16.5. The molecular weight excluding hydrogens is 747 g/mol. The van der Waals surface area contributed by atoms with Crippen LogP contribution in [0.15, 0.2) is 104 Å². The Morgan fingerprint density at radius 1 is 0.814 bits per heavy atom. The normalized spacial score (nSPS) is 15.2. The van der Waals surface area contributed by atoms with Crippen molar-refractivity contribution in [3.05, 3.63) is 120 Å². The topological polar surface area (TPSA) is 166 Å². The number of urea groups is 1. The lowest BCUT2D eigenvalue weighted by Crippen LogP contribution is -2.58. The van der Waals surface area contributed by atoms with Crippen LogP contribution < -0.4 is 16.0 Å². The molecule has 0 saturated carbocycles. The molecule has 1 aliphatic rings. The maximum atomic E-state index is 14.5. The number of aliphatic hydroxyl groups is 1. The summed E-state index contributed by atoms with van der Waals surface area (Å²) in [6, 6.07) is 24.7. The number of carbonyl (C=O) groups is 4. The minimum absolute atomic E-state index is 0.0989. The highest BCUT2D eigenvalue weighted by Gasteiger charge is 2.44. The smallest absolute Gasteiger partial charge is 0.406 e. The number of methoxy groups -OCH3 is 1. The third-order valence-corrected chi connectivity index (χ3v) is 10.5. The average molecular weight is 806 g/mol. The summed E-state index contributed by atoms with van der Waals surface area (Å²) in [5.41, 5.74) is 3.36. The molecular formula is C46H59N7O6. The number of rotatable bonds is 18. The molecule has 5 amide bonds. The molecule has 13 nitrogen and oxygen atoms in total. The van der Waals surface area contributed by atoms with Gasteiger partial charge in [0.05, 0.1) is 24.9 Å². The Balaban J connectivity index is 1.37. The predicted octanol–water partition coefficient (Wildman–Crippen LogP) is 5.77. The number of aliphatic hydroxyl groups excluding tert-OH is 1. The fourth-order valence-electron chi connectivity index (χ4n) is 7.55. The number of nitrogens with one attached hydrogen (secondary N) is 3. The summed E-state index contributed by atoms with van der Waals surface area (Å²) in [5, 5.41) is 21.2. The van der Waals surface area contributed by atoms with Crippen LogP contribution in [0.25, 0.3) is 11.3 Å². The standard InChI is InChI=1S/C46H59N7O6/c1-45(2,3)41(53-25-24-52(44(53)58)30-34-19-22-47-23-20-34)42(56)51-38(27-32-12-8-7-9-13-32)39(54)28-36(50-40(55)29-46(4,5)31-49-43(57)59-6)26-33-15-17-35(18-16-33)37-14-10-11-21-48-37/h7-23,36,38-39,41,54H,24-31H2,1-6H3,(H,49,57)(H,50,55)(H,51,56). The number of aromatic nitrogens is 2. The van der Waals surface area contributed by atoms with Crippen LogP contribution >= 0.6 is 0 Å². The lowest BCUT2D eigenvalue weighted by atomic mass is 9.84. The molecule has 0 radical (unpaired) electrons. The number of amides is 5. The molecule has 0 bridgehead atoms. The van der Waals surface area contributed by atoms with Gasteiger partial charge in [0, 0.05) is 62.8 Å². The monoisotopic (exact) mass is 805 g/mol. The Bertz CT molecular complexity index is 1970. The van der Waals surface area contributed by atoms with Crippen molar-refractivity contribution in [1.82, 2.24) is 35.7 Å². The van der Waals surface area contributed by atoms with Crippen molar-refractivity contribution in [2.45, 2.75) is 91.1 Å². The van der Waals surface area contributed by atoms with E-state index >= 15 is 0 Å². The van der Waals surface area contributed by atoms with Gasteiger partial charge < -0.3 is 35.6 Å². The molecule has 1 saturated heterocycles. The molecule has 2 aromatic carbocycles. The van der Waals surface area contributed by atoms with Crippen molar-refractivity contribution in [3.8, 4) is 11.3 Å². The number of hydrogen-bond acceptors (Lipinski definition) is 8. The van der Waals surface area contributed by atoms with Gasteiger partial charge in [0.15, 0.2) is 0 Å². The van der Waals surface area contributed by atoms with E-state index in [4.69, 9.17) is 4.74 Å². The van der Waals surface area contributed by atoms with Crippen molar-refractivity contribution < 1.29 is 29.0 Å². The number of alkyl carbamates (subject to hydrolysis) is 1. The quantitative estimate of drug-likeness (QED) is 0.0984. The van der Waals surface area contributed by atoms with Gasteiger partial charge in [-0.1, -0.05) is 95.3 Å². The van der Waals surface area contributed by atoms with Crippen molar-refractivity contribution in [1.29, 1.82) is 0 Å². The van der Waals surface area contributed by atoms with Crippen molar-refractivity contribution in [2.75, 3.05) is 26.7 Å². The molecule has 2 aromatic heterocycles. The van der Waals surface area contributed by atoms with Gasteiger partial charge >= 0.3 is 12.1 Å². The molecule has 5 rings (SSSR count). The van der Waals surface area contributed by atoms with Gasteiger partial charge in [0.2, 0.25) is 11.8 Å². The van der Waals surface area contributed by atoms with E-state index in [1.165, 1.54) is 7.11 Å². The Kier molecular flexibility index (Phi) is 15.2. The Morgan fingerprint density at radius 3 is 2.14 bits per heavy atom. The summed E-state index contributed by atoms with van der Waals surface area (Å²) in [4.78, 5) is 65.8. The SMILES string of the molecule is COC(=O)NCC(C)(C)CC(=O)NC(Cc1ccc(-c2ccccn2)cc1)CC(O)C(Cc1ccccc1)NC(=O)C(N1CCN(Cc2ccncc2)C1=O)C(C)(C)C. The van der Waals surface area contributed by atoms with E-state index in [2.05, 4.69) is 25.9 Å². The number of benzene rings is 2. The Hall–Kier alpha value is -5.82. The van der Waals surface area contributed by atoms with Crippen LogP contribution in [0.3, 0.4) is 0 Å². The van der Waals surface area contributed by atoms with Gasteiger partial charge in [-0.25, -0.2) is 9.59 Å². The van der Waals surface area contributed by atoms with E-state index in [0.717, 1.165) is 27.9 Å². The second-order valence-corrected chi connectivity index (χ2v) is 17.2. The molecule has 1 aliphatic heterocycles. The first-order chi connectivity index (χ1) is 28.1. The maximum absolute atomic E-state index is 14.5. The van der Waals surface area contributed by atoms with E-state index in [-0.39, 0.29) is 37.2 Å². The highest BCUT2D eigenvalue weighted by Crippen LogP contribution is 2.29. The highest BCUT2D eigenvalue weighted by molar-refractivity contribution is 5.89. The van der Waals surface area contributed by atoms with Crippen LogP contribution in [-0.2, 0) is 33.7 Å². The van der Waals surface area contributed by atoms with Crippen molar-refractivity contribution in [2.24, 2.45) is 10.8 Å². The van der Waals surface area contributed by atoms with Crippen LogP contribution in [0.4, 0.5) is 9.59 Å².